The first-order chi connectivity index (χ1) is 18.2. The number of hydrogen-bond acceptors (Lipinski definition) is 6. The number of benzene rings is 2. The molecule has 2 aromatic rings. The molecule has 4 rings (SSSR count). The first kappa shape index (κ1) is 28.5. The zero-order chi connectivity index (χ0) is 27.3. The van der Waals surface area contributed by atoms with Crippen LogP contribution in [0.4, 0.5) is 4.39 Å². The number of sulfonamides is 1. The highest BCUT2D eigenvalue weighted by Crippen LogP contribution is 2.34. The van der Waals surface area contributed by atoms with Gasteiger partial charge in [0.2, 0.25) is 10.0 Å². The summed E-state index contributed by atoms with van der Waals surface area (Å²) in [6, 6.07) is 10.4. The summed E-state index contributed by atoms with van der Waals surface area (Å²) in [6.07, 6.45) is 1.76. The van der Waals surface area contributed by atoms with Crippen LogP contribution in [0.25, 0.3) is 0 Å². The minimum absolute atomic E-state index is 0.0400. The lowest BCUT2D eigenvalue weighted by molar-refractivity contribution is 0.0402. The molecular formula is C29H37FN2O5S. The van der Waals surface area contributed by atoms with Crippen LogP contribution in [-0.4, -0.2) is 81.4 Å². The Morgan fingerprint density at radius 1 is 1.16 bits per heavy atom. The van der Waals surface area contributed by atoms with E-state index in [1.807, 2.05) is 6.92 Å². The number of fused-ring (bicyclic) bond motifs is 1. The molecular weight excluding hydrogens is 507 g/mol. The highest BCUT2D eigenvalue weighted by atomic mass is 32.2. The number of aliphatic hydroxyl groups excluding tert-OH is 1. The van der Waals surface area contributed by atoms with Gasteiger partial charge in [-0.05, 0) is 63.1 Å². The molecule has 0 radical (unpaired) electrons. The molecule has 2 aliphatic heterocycles. The Kier molecular flexibility index (Phi) is 9.45. The van der Waals surface area contributed by atoms with E-state index in [1.54, 1.807) is 37.3 Å². The maximum Gasteiger partial charge on any atom is 0.247 e. The van der Waals surface area contributed by atoms with E-state index in [1.165, 1.54) is 16.4 Å². The van der Waals surface area contributed by atoms with Crippen LogP contribution in [0.1, 0.15) is 37.8 Å². The van der Waals surface area contributed by atoms with Crippen molar-refractivity contribution < 1.29 is 27.4 Å². The van der Waals surface area contributed by atoms with Gasteiger partial charge in [0.05, 0.1) is 12.2 Å². The molecule has 1 N–H and O–H groups in total. The molecule has 2 heterocycles. The molecule has 0 spiro atoms. The normalized spacial score (nSPS) is 22.9. The summed E-state index contributed by atoms with van der Waals surface area (Å²) >= 11 is 0. The van der Waals surface area contributed by atoms with E-state index in [2.05, 4.69) is 23.8 Å². The van der Waals surface area contributed by atoms with Gasteiger partial charge in [0, 0.05) is 50.4 Å². The molecule has 0 aromatic heterocycles. The van der Waals surface area contributed by atoms with Crippen molar-refractivity contribution in [3.05, 3.63) is 59.4 Å². The first-order valence-corrected chi connectivity index (χ1v) is 14.6. The van der Waals surface area contributed by atoms with Crippen molar-refractivity contribution >= 4 is 10.0 Å². The van der Waals surface area contributed by atoms with Gasteiger partial charge in [-0.1, -0.05) is 30.9 Å². The monoisotopic (exact) mass is 544 g/mol. The molecule has 0 bridgehead atoms. The van der Waals surface area contributed by atoms with Gasteiger partial charge in [-0.15, -0.1) is 0 Å². The average molecular weight is 545 g/mol. The van der Waals surface area contributed by atoms with E-state index in [9.17, 15) is 17.9 Å². The first-order valence-electron chi connectivity index (χ1n) is 13.1. The lowest BCUT2D eigenvalue weighted by atomic mass is 9.98. The second-order valence-electron chi connectivity index (χ2n) is 10.4. The molecule has 38 heavy (non-hydrogen) atoms. The molecule has 0 unspecified atom stereocenters. The van der Waals surface area contributed by atoms with Crippen LogP contribution in [-0.2, 0) is 14.8 Å². The Morgan fingerprint density at radius 3 is 2.61 bits per heavy atom. The van der Waals surface area contributed by atoms with Crippen molar-refractivity contribution in [2.45, 2.75) is 43.7 Å². The van der Waals surface area contributed by atoms with Crippen LogP contribution in [0, 0.1) is 29.5 Å². The summed E-state index contributed by atoms with van der Waals surface area (Å²) in [7, 11) is -1.88. The highest BCUT2D eigenvalue weighted by molar-refractivity contribution is 7.89. The summed E-state index contributed by atoms with van der Waals surface area (Å²) < 4.78 is 54.7. The van der Waals surface area contributed by atoms with Crippen LogP contribution >= 0.6 is 0 Å². The summed E-state index contributed by atoms with van der Waals surface area (Å²) in [5.41, 5.74) is 0.781. The molecule has 0 amide bonds. The standard InChI is InChI=1S/C29H37FN2O5S/c1-21-17-32(22(2)20-33)38(34,35)29-11-9-23(8-10-25-6-4-5-7-26(25)30)16-27(29)37-28(21)19-31(3)18-24-12-14-36-15-13-24/h4-7,9,11,16,21-22,24,28,33H,12-15,17-20H2,1-3H3/t21-,22-,28+/m0/s1. The van der Waals surface area contributed by atoms with E-state index in [0.717, 1.165) is 32.6 Å². The van der Waals surface area contributed by atoms with E-state index < -0.39 is 21.9 Å². The zero-order valence-corrected chi connectivity index (χ0v) is 23.1. The van der Waals surface area contributed by atoms with Crippen molar-refractivity contribution in [3.63, 3.8) is 0 Å². The van der Waals surface area contributed by atoms with Crippen LogP contribution in [0.5, 0.6) is 5.75 Å². The Hall–Kier alpha value is -2.48. The summed E-state index contributed by atoms with van der Waals surface area (Å²) in [4.78, 5) is 2.28. The third-order valence-electron chi connectivity index (χ3n) is 7.28. The third-order valence-corrected chi connectivity index (χ3v) is 9.30. The van der Waals surface area contributed by atoms with Gasteiger partial charge >= 0.3 is 0 Å². The zero-order valence-electron chi connectivity index (χ0n) is 22.3. The van der Waals surface area contributed by atoms with E-state index in [0.29, 0.717) is 18.0 Å². The quantitative estimate of drug-likeness (QED) is 0.562. The number of hydrogen-bond donors (Lipinski definition) is 1. The second-order valence-corrected chi connectivity index (χ2v) is 12.3. The molecule has 9 heteroatoms. The molecule has 2 aromatic carbocycles. The smallest absolute Gasteiger partial charge is 0.247 e. The van der Waals surface area contributed by atoms with E-state index >= 15 is 0 Å². The number of nitrogens with zero attached hydrogens (tertiary/aromatic N) is 2. The molecule has 7 nitrogen and oxygen atoms in total. The SMILES string of the molecule is C[C@H]1CN([C@@H](C)CO)S(=O)(=O)c2ccc(C#Cc3ccccc3F)cc2O[C@@H]1CN(C)CC1CCOCC1. The predicted molar refractivity (Wildman–Crippen MR) is 144 cm³/mol. The Bertz CT molecular complexity index is 1270. The number of halogens is 1. The second kappa shape index (κ2) is 12.6. The number of rotatable bonds is 6. The fraction of sp³-hybridized carbons (Fsp3) is 0.517. The fourth-order valence-electron chi connectivity index (χ4n) is 4.97. The van der Waals surface area contributed by atoms with Gasteiger partial charge in [0.25, 0.3) is 0 Å². The van der Waals surface area contributed by atoms with Gasteiger partial charge in [0.15, 0.2) is 0 Å². The van der Waals surface area contributed by atoms with Gasteiger partial charge in [0.1, 0.15) is 22.6 Å². The Balaban J connectivity index is 1.67. The van der Waals surface area contributed by atoms with Crippen molar-refractivity contribution in [1.29, 1.82) is 0 Å². The van der Waals surface area contributed by atoms with Gasteiger partial charge in [-0.3, -0.25) is 0 Å². The Labute approximate surface area is 225 Å². The summed E-state index contributed by atoms with van der Waals surface area (Å²) in [6.45, 7) is 6.71. The topological polar surface area (TPSA) is 79.3 Å². The summed E-state index contributed by atoms with van der Waals surface area (Å²) in [5.74, 6) is 5.98. The lowest BCUT2D eigenvalue weighted by Crippen LogP contribution is -2.50. The van der Waals surface area contributed by atoms with Crippen molar-refractivity contribution in [2.75, 3.05) is 46.5 Å². The van der Waals surface area contributed by atoms with Gasteiger partial charge < -0.3 is 19.5 Å². The number of likely N-dealkylation sites (N-methyl/N-ethyl adjacent to an activating group) is 1. The van der Waals surface area contributed by atoms with Gasteiger partial charge in [-0.25, -0.2) is 12.8 Å². The molecule has 0 saturated carbocycles. The Morgan fingerprint density at radius 2 is 1.89 bits per heavy atom. The van der Waals surface area contributed by atoms with E-state index in [-0.39, 0.29) is 41.4 Å². The molecule has 1 saturated heterocycles. The minimum Gasteiger partial charge on any atom is -0.487 e. The predicted octanol–water partition coefficient (Wildman–Crippen LogP) is 3.35. The molecule has 1 fully saturated rings. The number of ether oxygens (including phenoxy) is 2. The number of aliphatic hydroxyl groups is 1. The largest absolute Gasteiger partial charge is 0.487 e. The van der Waals surface area contributed by atoms with Crippen LogP contribution in [0.2, 0.25) is 0 Å². The molecule has 2 aliphatic rings. The van der Waals surface area contributed by atoms with Gasteiger partial charge in [-0.2, -0.15) is 4.31 Å². The van der Waals surface area contributed by atoms with E-state index in [4.69, 9.17) is 9.47 Å². The van der Waals surface area contributed by atoms with Crippen LogP contribution < -0.4 is 4.74 Å². The average Bonchev–Trinajstić information content (AvgIpc) is 2.90. The lowest BCUT2D eigenvalue weighted by Gasteiger charge is -2.38. The van der Waals surface area contributed by atoms with Crippen LogP contribution in [0.3, 0.4) is 0 Å². The summed E-state index contributed by atoms with van der Waals surface area (Å²) in [5, 5.41) is 9.85. The van der Waals surface area contributed by atoms with Crippen LogP contribution in [0.15, 0.2) is 47.4 Å². The third kappa shape index (κ3) is 6.74. The molecule has 3 atom stereocenters. The fourth-order valence-corrected chi connectivity index (χ4v) is 6.80. The highest BCUT2D eigenvalue weighted by Gasteiger charge is 2.38. The van der Waals surface area contributed by atoms with Crippen molar-refractivity contribution in [1.82, 2.24) is 9.21 Å². The minimum atomic E-state index is -3.94. The van der Waals surface area contributed by atoms with Crippen molar-refractivity contribution in [2.24, 2.45) is 11.8 Å². The van der Waals surface area contributed by atoms with Crippen molar-refractivity contribution in [3.8, 4) is 17.6 Å². The maximum absolute atomic E-state index is 14.1. The maximum atomic E-state index is 14.1. The molecule has 0 aliphatic carbocycles. The molecule has 206 valence electrons.